The van der Waals surface area contributed by atoms with Gasteiger partial charge in [-0.1, -0.05) is 0 Å². The van der Waals surface area contributed by atoms with E-state index in [1.807, 2.05) is 4.90 Å². The number of hydrogen-bond donors (Lipinski definition) is 3. The van der Waals surface area contributed by atoms with E-state index in [-0.39, 0.29) is 13.2 Å². The lowest BCUT2D eigenvalue weighted by Crippen LogP contribution is -2.29. The molecule has 0 fully saturated rings. The highest BCUT2D eigenvalue weighted by Gasteiger charge is 2.13. The van der Waals surface area contributed by atoms with Crippen LogP contribution in [0, 0.1) is 0 Å². The zero-order chi connectivity index (χ0) is 12.3. The van der Waals surface area contributed by atoms with Crippen LogP contribution < -0.4 is 10.6 Å². The van der Waals surface area contributed by atoms with Gasteiger partial charge < -0.3 is 20.8 Å². The van der Waals surface area contributed by atoms with Crippen molar-refractivity contribution in [2.45, 2.75) is 0 Å². The van der Waals surface area contributed by atoms with Gasteiger partial charge in [-0.05, 0) is 6.07 Å². The van der Waals surface area contributed by atoms with Crippen LogP contribution in [0.2, 0.25) is 0 Å². The molecule has 0 saturated carbocycles. The second-order valence-corrected chi connectivity index (χ2v) is 3.57. The second kappa shape index (κ2) is 4.98. The van der Waals surface area contributed by atoms with Crippen molar-refractivity contribution in [3.63, 3.8) is 0 Å². The Morgan fingerprint density at radius 3 is 2.65 bits per heavy atom. The lowest BCUT2D eigenvalue weighted by Gasteiger charge is -2.20. The first-order valence-corrected chi connectivity index (χ1v) is 5.33. The van der Waals surface area contributed by atoms with Crippen LogP contribution in [0.1, 0.15) is 0 Å². The fourth-order valence-electron chi connectivity index (χ4n) is 1.72. The average molecular weight is 237 g/mol. The number of rotatable bonds is 5. The Bertz CT molecular complexity index is 492. The third-order valence-electron chi connectivity index (χ3n) is 2.49. The van der Waals surface area contributed by atoms with Crippen molar-refractivity contribution in [3.8, 4) is 0 Å². The summed E-state index contributed by atoms with van der Waals surface area (Å²) < 4.78 is 1.52. The fourth-order valence-corrected chi connectivity index (χ4v) is 1.72. The largest absolute Gasteiger partial charge is 0.395 e. The molecule has 7 nitrogen and oxygen atoms in total. The summed E-state index contributed by atoms with van der Waals surface area (Å²) >= 11 is 0. The van der Waals surface area contributed by atoms with Crippen LogP contribution >= 0.6 is 0 Å². The number of nitrogens with zero attached hydrogens (tertiary/aromatic N) is 4. The lowest BCUT2D eigenvalue weighted by atomic mass is 10.4. The van der Waals surface area contributed by atoms with Crippen molar-refractivity contribution in [1.82, 2.24) is 14.6 Å². The molecule has 0 aliphatic carbocycles. The molecule has 4 N–H and O–H groups in total. The topological polar surface area (TPSA) is 99.9 Å². The zero-order valence-electron chi connectivity index (χ0n) is 9.32. The minimum absolute atomic E-state index is 0.000342. The number of nitrogen functional groups attached to an aromatic ring is 1. The van der Waals surface area contributed by atoms with Crippen molar-refractivity contribution in [2.24, 2.45) is 0 Å². The zero-order valence-corrected chi connectivity index (χ0v) is 9.32. The average Bonchev–Trinajstić information content (AvgIpc) is 2.74. The predicted octanol–water partition coefficient (Wildman–Crippen LogP) is -0.898. The Balaban J connectivity index is 2.42. The normalized spacial score (nSPS) is 10.9. The number of anilines is 2. The molecule has 0 unspecified atom stereocenters. The molecule has 2 aromatic heterocycles. The Morgan fingerprint density at radius 1 is 1.29 bits per heavy atom. The molecule has 0 atom stereocenters. The van der Waals surface area contributed by atoms with E-state index >= 15 is 0 Å². The van der Waals surface area contributed by atoms with Crippen molar-refractivity contribution in [3.05, 3.63) is 18.5 Å². The van der Waals surface area contributed by atoms with E-state index in [1.165, 1.54) is 4.52 Å². The van der Waals surface area contributed by atoms with Gasteiger partial charge in [0.25, 0.3) is 0 Å². The van der Waals surface area contributed by atoms with Gasteiger partial charge in [0.2, 0.25) is 0 Å². The van der Waals surface area contributed by atoms with E-state index in [1.54, 1.807) is 18.5 Å². The monoisotopic (exact) mass is 237 g/mol. The summed E-state index contributed by atoms with van der Waals surface area (Å²) in [5.74, 6) is 0.495. The summed E-state index contributed by atoms with van der Waals surface area (Å²) in [6, 6.07) is 1.66. The van der Waals surface area contributed by atoms with Crippen LogP contribution in [-0.2, 0) is 0 Å². The summed E-state index contributed by atoms with van der Waals surface area (Å²) in [7, 11) is 0. The number of fused-ring (bicyclic) bond motifs is 1. The third kappa shape index (κ3) is 2.15. The SMILES string of the molecule is Nc1ccnc2c(N(CCO)CCO)cnn12. The van der Waals surface area contributed by atoms with Gasteiger partial charge in [-0.15, -0.1) is 0 Å². The molecule has 92 valence electrons. The highest BCUT2D eigenvalue weighted by atomic mass is 16.3. The van der Waals surface area contributed by atoms with Crippen molar-refractivity contribution >= 4 is 17.2 Å². The first kappa shape index (κ1) is 11.6. The fraction of sp³-hybridized carbons (Fsp3) is 0.400. The molecule has 17 heavy (non-hydrogen) atoms. The first-order valence-electron chi connectivity index (χ1n) is 5.33. The Hall–Kier alpha value is -1.86. The number of aromatic nitrogens is 3. The molecule has 0 spiro atoms. The molecule has 2 heterocycles. The van der Waals surface area contributed by atoms with E-state index in [2.05, 4.69) is 10.1 Å². The third-order valence-corrected chi connectivity index (χ3v) is 2.49. The Kier molecular flexibility index (Phi) is 3.40. The van der Waals surface area contributed by atoms with Gasteiger partial charge in [0.05, 0.1) is 19.4 Å². The highest BCUT2D eigenvalue weighted by Crippen LogP contribution is 2.20. The van der Waals surface area contributed by atoms with E-state index < -0.39 is 0 Å². The molecular formula is C10H15N5O2. The van der Waals surface area contributed by atoms with Crippen molar-refractivity contribution < 1.29 is 10.2 Å². The van der Waals surface area contributed by atoms with Gasteiger partial charge >= 0.3 is 0 Å². The maximum Gasteiger partial charge on any atom is 0.180 e. The van der Waals surface area contributed by atoms with E-state index in [0.717, 1.165) is 5.69 Å². The minimum atomic E-state index is -0.000342. The van der Waals surface area contributed by atoms with Gasteiger partial charge in [-0.3, -0.25) is 0 Å². The number of hydrogen-bond acceptors (Lipinski definition) is 6. The van der Waals surface area contributed by atoms with Crippen LogP contribution in [0.25, 0.3) is 5.65 Å². The molecule has 0 amide bonds. The summed E-state index contributed by atoms with van der Waals surface area (Å²) in [5, 5.41) is 22.1. The maximum atomic E-state index is 8.99. The van der Waals surface area contributed by atoms with E-state index in [9.17, 15) is 0 Å². The molecule has 0 radical (unpaired) electrons. The number of aliphatic hydroxyl groups excluding tert-OH is 2. The van der Waals surface area contributed by atoms with Crippen LogP contribution in [0.15, 0.2) is 18.5 Å². The molecule has 0 bridgehead atoms. The van der Waals surface area contributed by atoms with Gasteiger partial charge in [0, 0.05) is 19.3 Å². The second-order valence-electron chi connectivity index (χ2n) is 3.57. The maximum absolute atomic E-state index is 8.99. The molecule has 7 heteroatoms. The van der Waals surface area contributed by atoms with Gasteiger partial charge in [-0.2, -0.15) is 9.61 Å². The summed E-state index contributed by atoms with van der Waals surface area (Å²) in [6.45, 7) is 0.829. The van der Waals surface area contributed by atoms with Gasteiger partial charge in [-0.25, -0.2) is 4.98 Å². The van der Waals surface area contributed by atoms with Crippen LogP contribution in [0.5, 0.6) is 0 Å². The number of aliphatic hydroxyl groups is 2. The van der Waals surface area contributed by atoms with E-state index in [4.69, 9.17) is 15.9 Å². The Labute approximate surface area is 98.1 Å². The van der Waals surface area contributed by atoms with Gasteiger partial charge in [0.1, 0.15) is 11.5 Å². The quantitative estimate of drug-likeness (QED) is 0.623. The summed E-state index contributed by atoms with van der Waals surface area (Å²) in [4.78, 5) is 6.02. The molecule has 2 rings (SSSR count). The first-order chi connectivity index (χ1) is 8.27. The van der Waals surface area contributed by atoms with Crippen LogP contribution in [-0.4, -0.2) is 51.1 Å². The van der Waals surface area contributed by atoms with Crippen molar-refractivity contribution in [1.29, 1.82) is 0 Å². The van der Waals surface area contributed by atoms with Crippen LogP contribution in [0.3, 0.4) is 0 Å². The smallest absolute Gasteiger partial charge is 0.180 e. The highest BCUT2D eigenvalue weighted by molar-refractivity contribution is 5.69. The minimum Gasteiger partial charge on any atom is -0.395 e. The molecular weight excluding hydrogens is 222 g/mol. The molecule has 0 aliphatic heterocycles. The predicted molar refractivity (Wildman–Crippen MR) is 63.8 cm³/mol. The number of nitrogens with two attached hydrogens (primary N) is 1. The van der Waals surface area contributed by atoms with Crippen molar-refractivity contribution in [2.75, 3.05) is 36.9 Å². The molecule has 0 aliphatic rings. The van der Waals surface area contributed by atoms with Crippen LogP contribution in [0.4, 0.5) is 11.5 Å². The lowest BCUT2D eigenvalue weighted by molar-refractivity contribution is 0.281. The van der Waals surface area contributed by atoms with E-state index in [0.29, 0.717) is 24.6 Å². The summed E-state index contributed by atoms with van der Waals surface area (Å²) in [5.41, 5.74) is 7.13. The molecule has 0 saturated heterocycles. The van der Waals surface area contributed by atoms with Gasteiger partial charge in [0.15, 0.2) is 5.65 Å². The molecule has 0 aromatic carbocycles. The summed E-state index contributed by atoms with van der Waals surface area (Å²) in [6.07, 6.45) is 3.23. The Morgan fingerprint density at radius 2 is 2.00 bits per heavy atom. The molecule has 2 aromatic rings. The standard InChI is InChI=1S/C10H15N5O2/c11-9-1-2-12-10-8(7-13-15(9)10)14(3-5-16)4-6-17/h1-2,7,16-17H,3-6,11H2.